The van der Waals surface area contributed by atoms with Gasteiger partial charge in [-0.15, -0.1) is 0 Å². The number of carbonyl (C=O) groups is 1. The normalized spacial score (nSPS) is 23.5. The molecule has 1 aromatic rings. The second-order valence-electron chi connectivity index (χ2n) is 5.48. The molecule has 1 fully saturated rings. The summed E-state index contributed by atoms with van der Waals surface area (Å²) in [6, 6.07) is 4.62. The lowest BCUT2D eigenvalue weighted by atomic mass is 9.92. The van der Waals surface area contributed by atoms with Gasteiger partial charge >= 0.3 is 0 Å². The monoisotopic (exact) mass is 264 g/mol. The summed E-state index contributed by atoms with van der Waals surface area (Å²) in [5, 5.41) is 0. The number of amides is 1. The number of rotatable bonds is 2. The van der Waals surface area contributed by atoms with E-state index in [4.69, 9.17) is 5.73 Å². The molecule has 1 aliphatic heterocycles. The standard InChI is InChI=1S/C15H21FN2O/c1-10-5-6-18(13(7-10)9-17)15(19)12-3-4-14(16)11(2)8-12/h3-4,8,10,13H,5-7,9,17H2,1-2H3. The van der Waals surface area contributed by atoms with Gasteiger partial charge in [-0.2, -0.15) is 0 Å². The van der Waals surface area contributed by atoms with E-state index in [1.165, 1.54) is 6.07 Å². The molecule has 2 atom stereocenters. The Morgan fingerprint density at radius 2 is 2.26 bits per heavy atom. The molecule has 104 valence electrons. The first-order valence-corrected chi connectivity index (χ1v) is 6.80. The third-order valence-electron chi connectivity index (χ3n) is 3.92. The summed E-state index contributed by atoms with van der Waals surface area (Å²) in [7, 11) is 0. The van der Waals surface area contributed by atoms with Crippen molar-refractivity contribution in [3.05, 3.63) is 35.1 Å². The first-order chi connectivity index (χ1) is 9.02. The Morgan fingerprint density at radius 3 is 2.89 bits per heavy atom. The largest absolute Gasteiger partial charge is 0.334 e. The Morgan fingerprint density at radius 1 is 1.53 bits per heavy atom. The molecule has 3 nitrogen and oxygen atoms in total. The molecule has 0 radical (unpaired) electrons. The number of piperidine rings is 1. The third kappa shape index (κ3) is 2.95. The van der Waals surface area contributed by atoms with Crippen LogP contribution in [0.25, 0.3) is 0 Å². The molecule has 2 unspecified atom stereocenters. The number of nitrogens with zero attached hydrogens (tertiary/aromatic N) is 1. The molecule has 1 aliphatic rings. The molecule has 0 aliphatic carbocycles. The minimum Gasteiger partial charge on any atom is -0.334 e. The zero-order chi connectivity index (χ0) is 14.0. The van der Waals surface area contributed by atoms with E-state index in [-0.39, 0.29) is 17.8 Å². The van der Waals surface area contributed by atoms with Gasteiger partial charge in [0.05, 0.1) is 0 Å². The minimum atomic E-state index is -0.279. The van der Waals surface area contributed by atoms with Gasteiger partial charge in [0.1, 0.15) is 5.82 Å². The molecule has 0 bridgehead atoms. The van der Waals surface area contributed by atoms with Crippen LogP contribution in [0.3, 0.4) is 0 Å². The van der Waals surface area contributed by atoms with Gasteiger partial charge in [-0.25, -0.2) is 4.39 Å². The van der Waals surface area contributed by atoms with Gasteiger partial charge in [-0.05, 0) is 49.4 Å². The van der Waals surface area contributed by atoms with Crippen LogP contribution in [0.1, 0.15) is 35.7 Å². The lowest BCUT2D eigenvalue weighted by Gasteiger charge is -2.38. The van der Waals surface area contributed by atoms with Crippen LogP contribution in [-0.4, -0.2) is 29.9 Å². The van der Waals surface area contributed by atoms with Crippen molar-refractivity contribution in [2.75, 3.05) is 13.1 Å². The predicted molar refractivity (Wildman–Crippen MR) is 73.4 cm³/mol. The van der Waals surface area contributed by atoms with Crippen molar-refractivity contribution in [1.82, 2.24) is 4.90 Å². The Bertz CT molecular complexity index is 475. The quantitative estimate of drug-likeness (QED) is 0.891. The van der Waals surface area contributed by atoms with Crippen LogP contribution >= 0.6 is 0 Å². The van der Waals surface area contributed by atoms with Gasteiger partial charge in [-0.1, -0.05) is 6.92 Å². The molecule has 2 N–H and O–H groups in total. The van der Waals surface area contributed by atoms with Gasteiger partial charge in [-0.3, -0.25) is 4.79 Å². The van der Waals surface area contributed by atoms with E-state index in [1.807, 2.05) is 4.90 Å². The maximum Gasteiger partial charge on any atom is 0.254 e. The van der Waals surface area contributed by atoms with Crippen molar-refractivity contribution in [2.45, 2.75) is 32.7 Å². The van der Waals surface area contributed by atoms with Gasteiger partial charge < -0.3 is 10.6 Å². The second kappa shape index (κ2) is 5.70. The Kier molecular flexibility index (Phi) is 4.20. The van der Waals surface area contributed by atoms with Crippen molar-refractivity contribution >= 4 is 5.91 Å². The van der Waals surface area contributed by atoms with Gasteiger partial charge in [0.2, 0.25) is 0 Å². The van der Waals surface area contributed by atoms with Crippen LogP contribution < -0.4 is 5.73 Å². The van der Waals surface area contributed by atoms with Crippen molar-refractivity contribution < 1.29 is 9.18 Å². The highest BCUT2D eigenvalue weighted by Crippen LogP contribution is 2.24. The fourth-order valence-electron chi connectivity index (χ4n) is 2.69. The van der Waals surface area contributed by atoms with E-state index in [0.29, 0.717) is 23.6 Å². The third-order valence-corrected chi connectivity index (χ3v) is 3.92. The zero-order valence-electron chi connectivity index (χ0n) is 11.5. The zero-order valence-corrected chi connectivity index (χ0v) is 11.5. The van der Waals surface area contributed by atoms with Crippen LogP contribution in [0.2, 0.25) is 0 Å². The van der Waals surface area contributed by atoms with E-state index in [1.54, 1.807) is 19.1 Å². The molecule has 0 spiro atoms. The molecule has 4 heteroatoms. The highest BCUT2D eigenvalue weighted by atomic mass is 19.1. The number of benzene rings is 1. The van der Waals surface area contributed by atoms with Crippen molar-refractivity contribution in [2.24, 2.45) is 11.7 Å². The van der Waals surface area contributed by atoms with Crippen LogP contribution in [0.15, 0.2) is 18.2 Å². The number of carbonyl (C=O) groups excluding carboxylic acids is 1. The molecule has 0 aromatic heterocycles. The van der Waals surface area contributed by atoms with E-state index >= 15 is 0 Å². The fraction of sp³-hybridized carbons (Fsp3) is 0.533. The fourth-order valence-corrected chi connectivity index (χ4v) is 2.69. The van der Waals surface area contributed by atoms with Crippen LogP contribution in [-0.2, 0) is 0 Å². The molecule has 0 saturated carbocycles. The molecular weight excluding hydrogens is 243 g/mol. The average Bonchev–Trinajstić information content (AvgIpc) is 2.41. The number of halogens is 1. The summed E-state index contributed by atoms with van der Waals surface area (Å²) >= 11 is 0. The lowest BCUT2D eigenvalue weighted by Crippen LogP contribution is -2.49. The summed E-state index contributed by atoms with van der Waals surface area (Å²) in [5.41, 5.74) is 6.82. The second-order valence-corrected chi connectivity index (χ2v) is 5.48. The topological polar surface area (TPSA) is 46.3 Å². The Hall–Kier alpha value is -1.42. The Balaban J connectivity index is 2.20. The van der Waals surface area contributed by atoms with E-state index in [2.05, 4.69) is 6.92 Å². The number of aryl methyl sites for hydroxylation is 1. The van der Waals surface area contributed by atoms with Gasteiger partial charge in [0.25, 0.3) is 5.91 Å². The lowest BCUT2D eigenvalue weighted by molar-refractivity contribution is 0.0573. The van der Waals surface area contributed by atoms with Crippen LogP contribution in [0.5, 0.6) is 0 Å². The molecule has 1 heterocycles. The SMILES string of the molecule is Cc1cc(C(=O)N2CCC(C)CC2CN)ccc1F. The summed E-state index contributed by atoms with van der Waals surface area (Å²) in [6.45, 7) is 5.08. The van der Waals surface area contributed by atoms with Gasteiger partial charge in [0.15, 0.2) is 0 Å². The molecule has 1 amide bonds. The van der Waals surface area contributed by atoms with Crippen LogP contribution in [0.4, 0.5) is 4.39 Å². The molecule has 19 heavy (non-hydrogen) atoms. The smallest absolute Gasteiger partial charge is 0.254 e. The number of likely N-dealkylation sites (tertiary alicyclic amines) is 1. The minimum absolute atomic E-state index is 0.0366. The van der Waals surface area contributed by atoms with E-state index < -0.39 is 0 Å². The summed E-state index contributed by atoms with van der Waals surface area (Å²) in [4.78, 5) is 14.3. The van der Waals surface area contributed by atoms with Crippen LogP contribution in [0, 0.1) is 18.7 Å². The first-order valence-electron chi connectivity index (χ1n) is 6.80. The van der Waals surface area contributed by atoms with Gasteiger partial charge in [0, 0.05) is 24.7 Å². The van der Waals surface area contributed by atoms with E-state index in [9.17, 15) is 9.18 Å². The highest BCUT2D eigenvalue weighted by Gasteiger charge is 2.29. The maximum atomic E-state index is 13.3. The molecule has 1 saturated heterocycles. The highest BCUT2D eigenvalue weighted by molar-refractivity contribution is 5.94. The summed E-state index contributed by atoms with van der Waals surface area (Å²) in [6.07, 6.45) is 1.95. The van der Waals surface area contributed by atoms with Crippen molar-refractivity contribution in [1.29, 1.82) is 0 Å². The molecule has 2 rings (SSSR count). The summed E-state index contributed by atoms with van der Waals surface area (Å²) in [5.74, 6) is 0.289. The number of hydrogen-bond acceptors (Lipinski definition) is 2. The average molecular weight is 264 g/mol. The van der Waals surface area contributed by atoms with Crippen molar-refractivity contribution in [3.8, 4) is 0 Å². The summed E-state index contributed by atoms with van der Waals surface area (Å²) < 4.78 is 13.3. The first kappa shape index (κ1) is 14.0. The van der Waals surface area contributed by atoms with Crippen molar-refractivity contribution in [3.63, 3.8) is 0 Å². The predicted octanol–water partition coefficient (Wildman–Crippen LogP) is 2.33. The van der Waals surface area contributed by atoms with E-state index in [0.717, 1.165) is 19.4 Å². The number of nitrogens with two attached hydrogens (primary N) is 1. The number of hydrogen-bond donors (Lipinski definition) is 1. The molecular formula is C15H21FN2O. The maximum absolute atomic E-state index is 13.3. The molecule has 1 aromatic carbocycles. The Labute approximate surface area is 113 Å².